The lowest BCUT2D eigenvalue weighted by Gasteiger charge is -2.37. The third kappa shape index (κ3) is 1.52. The molecule has 1 aliphatic heterocycles. The standard InChI is InChI=1S/C6H12O5/c7-3-6(10)5(9)4(8)1-2-11-6/h4-5,7-10H,1-3H2/t4-,5-,6-/m1/s1. The topological polar surface area (TPSA) is 90.2 Å². The molecule has 0 bridgehead atoms. The molecule has 1 fully saturated rings. The Labute approximate surface area is 63.8 Å². The van der Waals surface area contributed by atoms with Crippen LogP contribution in [0.25, 0.3) is 0 Å². The quantitative estimate of drug-likeness (QED) is 0.353. The first-order chi connectivity index (χ1) is 5.10. The van der Waals surface area contributed by atoms with Crippen molar-refractivity contribution in [3.8, 4) is 0 Å². The van der Waals surface area contributed by atoms with Gasteiger partial charge in [0, 0.05) is 0 Å². The number of rotatable bonds is 1. The summed E-state index contributed by atoms with van der Waals surface area (Å²) < 4.78 is 4.69. The monoisotopic (exact) mass is 164 g/mol. The van der Waals surface area contributed by atoms with Crippen molar-refractivity contribution in [3.63, 3.8) is 0 Å². The molecule has 0 aromatic rings. The lowest BCUT2D eigenvalue weighted by Crippen LogP contribution is -2.57. The lowest BCUT2D eigenvalue weighted by molar-refractivity contribution is -0.311. The third-order valence-electron chi connectivity index (χ3n) is 1.82. The number of aliphatic hydroxyl groups excluding tert-OH is 3. The van der Waals surface area contributed by atoms with E-state index in [-0.39, 0.29) is 13.0 Å². The second-order valence-corrected chi connectivity index (χ2v) is 2.65. The summed E-state index contributed by atoms with van der Waals surface area (Å²) in [6, 6.07) is 0. The molecule has 5 nitrogen and oxygen atoms in total. The van der Waals surface area contributed by atoms with Gasteiger partial charge in [-0.2, -0.15) is 0 Å². The molecule has 0 radical (unpaired) electrons. The Hall–Kier alpha value is -0.200. The van der Waals surface area contributed by atoms with E-state index in [1.807, 2.05) is 0 Å². The molecule has 0 aromatic carbocycles. The van der Waals surface area contributed by atoms with E-state index in [0.29, 0.717) is 0 Å². The maximum atomic E-state index is 9.24. The fourth-order valence-corrected chi connectivity index (χ4v) is 1.04. The van der Waals surface area contributed by atoms with Crippen LogP contribution in [0.3, 0.4) is 0 Å². The van der Waals surface area contributed by atoms with Gasteiger partial charge in [0.15, 0.2) is 0 Å². The van der Waals surface area contributed by atoms with Crippen molar-refractivity contribution >= 4 is 0 Å². The predicted octanol–water partition coefficient (Wildman–Crippen LogP) is -2.19. The largest absolute Gasteiger partial charge is 0.391 e. The molecule has 0 saturated carbocycles. The molecule has 1 aliphatic rings. The minimum Gasteiger partial charge on any atom is -0.391 e. The first kappa shape index (κ1) is 8.89. The fraction of sp³-hybridized carbons (Fsp3) is 1.00. The van der Waals surface area contributed by atoms with Gasteiger partial charge in [-0.05, 0) is 6.42 Å². The van der Waals surface area contributed by atoms with Crippen molar-refractivity contribution in [2.75, 3.05) is 13.2 Å². The van der Waals surface area contributed by atoms with Crippen molar-refractivity contribution < 1.29 is 25.2 Å². The summed E-state index contributed by atoms with van der Waals surface area (Å²) in [4.78, 5) is 0. The Morgan fingerprint density at radius 3 is 2.55 bits per heavy atom. The summed E-state index contributed by atoms with van der Waals surface area (Å²) in [6.45, 7) is -0.583. The van der Waals surface area contributed by atoms with Crippen LogP contribution in [0.4, 0.5) is 0 Å². The molecule has 11 heavy (non-hydrogen) atoms. The fourth-order valence-electron chi connectivity index (χ4n) is 1.04. The Kier molecular flexibility index (Phi) is 2.46. The van der Waals surface area contributed by atoms with Gasteiger partial charge in [0.1, 0.15) is 6.10 Å². The molecule has 0 spiro atoms. The van der Waals surface area contributed by atoms with E-state index in [1.54, 1.807) is 0 Å². The second kappa shape index (κ2) is 3.04. The molecular weight excluding hydrogens is 152 g/mol. The van der Waals surface area contributed by atoms with Crippen LogP contribution < -0.4 is 0 Å². The summed E-state index contributed by atoms with van der Waals surface area (Å²) in [5.74, 6) is -1.99. The van der Waals surface area contributed by atoms with Crippen LogP contribution in [-0.4, -0.2) is 51.6 Å². The average Bonchev–Trinajstić information content (AvgIpc) is 2.00. The van der Waals surface area contributed by atoms with Crippen LogP contribution in [-0.2, 0) is 4.74 Å². The van der Waals surface area contributed by atoms with Gasteiger partial charge < -0.3 is 25.2 Å². The minimum absolute atomic E-state index is 0.134. The summed E-state index contributed by atoms with van der Waals surface area (Å²) in [6.07, 6.45) is -2.19. The highest BCUT2D eigenvalue weighted by Gasteiger charge is 2.43. The van der Waals surface area contributed by atoms with E-state index in [1.165, 1.54) is 0 Å². The van der Waals surface area contributed by atoms with Gasteiger partial charge in [-0.1, -0.05) is 0 Å². The van der Waals surface area contributed by atoms with Gasteiger partial charge in [0.25, 0.3) is 0 Å². The molecule has 3 atom stereocenters. The van der Waals surface area contributed by atoms with Gasteiger partial charge >= 0.3 is 0 Å². The number of aliphatic hydroxyl groups is 4. The zero-order valence-corrected chi connectivity index (χ0v) is 5.97. The van der Waals surface area contributed by atoms with Crippen LogP contribution >= 0.6 is 0 Å². The summed E-state index contributed by atoms with van der Waals surface area (Å²) in [5, 5.41) is 36.0. The van der Waals surface area contributed by atoms with E-state index in [4.69, 9.17) is 20.1 Å². The first-order valence-electron chi connectivity index (χ1n) is 3.43. The Morgan fingerprint density at radius 2 is 2.09 bits per heavy atom. The highest BCUT2D eigenvalue weighted by atomic mass is 16.7. The molecule has 0 amide bonds. The zero-order valence-electron chi connectivity index (χ0n) is 5.97. The van der Waals surface area contributed by atoms with Crippen LogP contribution in [0.15, 0.2) is 0 Å². The average molecular weight is 164 g/mol. The minimum atomic E-state index is -1.99. The van der Waals surface area contributed by atoms with Gasteiger partial charge in [-0.25, -0.2) is 0 Å². The van der Waals surface area contributed by atoms with Crippen molar-refractivity contribution in [2.24, 2.45) is 0 Å². The molecule has 1 saturated heterocycles. The summed E-state index contributed by atoms with van der Waals surface area (Å²) >= 11 is 0. The van der Waals surface area contributed by atoms with Crippen molar-refractivity contribution in [2.45, 2.75) is 24.4 Å². The molecule has 1 rings (SSSR count). The molecular formula is C6H12O5. The van der Waals surface area contributed by atoms with Crippen molar-refractivity contribution in [1.29, 1.82) is 0 Å². The number of hydrogen-bond donors (Lipinski definition) is 4. The summed E-state index contributed by atoms with van der Waals surface area (Å²) in [5.41, 5.74) is 0. The molecule has 5 heteroatoms. The smallest absolute Gasteiger partial charge is 0.218 e. The van der Waals surface area contributed by atoms with E-state index in [2.05, 4.69) is 0 Å². The lowest BCUT2D eigenvalue weighted by atomic mass is 10.00. The van der Waals surface area contributed by atoms with Crippen molar-refractivity contribution in [1.82, 2.24) is 0 Å². The number of hydrogen-bond acceptors (Lipinski definition) is 5. The van der Waals surface area contributed by atoms with Crippen LogP contribution in [0.1, 0.15) is 6.42 Å². The summed E-state index contributed by atoms with van der Waals surface area (Å²) in [7, 11) is 0. The predicted molar refractivity (Wildman–Crippen MR) is 34.6 cm³/mol. The van der Waals surface area contributed by atoms with Crippen LogP contribution in [0.5, 0.6) is 0 Å². The van der Waals surface area contributed by atoms with Crippen LogP contribution in [0.2, 0.25) is 0 Å². The van der Waals surface area contributed by atoms with Gasteiger partial charge in [-0.15, -0.1) is 0 Å². The second-order valence-electron chi connectivity index (χ2n) is 2.65. The first-order valence-corrected chi connectivity index (χ1v) is 3.43. The number of ether oxygens (including phenoxy) is 1. The van der Waals surface area contributed by atoms with E-state index < -0.39 is 24.6 Å². The molecule has 4 N–H and O–H groups in total. The highest BCUT2D eigenvalue weighted by Crippen LogP contribution is 2.22. The van der Waals surface area contributed by atoms with Gasteiger partial charge in [0.2, 0.25) is 5.79 Å². The maximum absolute atomic E-state index is 9.24. The van der Waals surface area contributed by atoms with Crippen molar-refractivity contribution in [3.05, 3.63) is 0 Å². The third-order valence-corrected chi connectivity index (χ3v) is 1.82. The molecule has 1 heterocycles. The van der Waals surface area contributed by atoms with E-state index >= 15 is 0 Å². The molecule has 0 unspecified atom stereocenters. The normalized spacial score (nSPS) is 45.8. The molecule has 0 aromatic heterocycles. The molecule has 0 aliphatic carbocycles. The van der Waals surface area contributed by atoms with Gasteiger partial charge in [0.05, 0.1) is 19.3 Å². The van der Waals surface area contributed by atoms with Gasteiger partial charge in [-0.3, -0.25) is 0 Å². The van der Waals surface area contributed by atoms with E-state index in [9.17, 15) is 5.11 Å². The zero-order chi connectivity index (χ0) is 8.48. The highest BCUT2D eigenvalue weighted by molar-refractivity contribution is 4.86. The SMILES string of the molecule is OC[C@@]1(O)OCC[C@@H](O)[C@H]1O. The maximum Gasteiger partial charge on any atom is 0.218 e. The Morgan fingerprint density at radius 1 is 1.45 bits per heavy atom. The Bertz CT molecular complexity index is 139. The molecule has 66 valence electrons. The Balaban J connectivity index is 2.64. The van der Waals surface area contributed by atoms with Crippen LogP contribution in [0, 0.1) is 0 Å². The van der Waals surface area contributed by atoms with E-state index in [0.717, 1.165) is 0 Å².